The zero-order valence-corrected chi connectivity index (χ0v) is 16.8. The van der Waals surface area contributed by atoms with Crippen LogP contribution in [0.1, 0.15) is 58.8 Å². The van der Waals surface area contributed by atoms with E-state index >= 15 is 0 Å². The van der Waals surface area contributed by atoms with Gasteiger partial charge >= 0.3 is 6.03 Å². The van der Waals surface area contributed by atoms with Crippen molar-refractivity contribution in [3.05, 3.63) is 0 Å². The fourth-order valence-electron chi connectivity index (χ4n) is 3.26. The quantitative estimate of drug-likeness (QED) is 0.587. The van der Waals surface area contributed by atoms with E-state index in [0.717, 1.165) is 12.8 Å². The van der Waals surface area contributed by atoms with Gasteiger partial charge in [-0.1, -0.05) is 57.2 Å². The van der Waals surface area contributed by atoms with Crippen molar-refractivity contribution < 1.29 is 14.4 Å². The molecule has 0 spiro atoms. The lowest BCUT2D eigenvalue weighted by Gasteiger charge is -2.36. The molecule has 0 aromatic heterocycles. The SMILES string of the molecule is CCCCCCCCCN1C(SCC(C)=O)=NC2C1C(=O)NC(=O)N2C. The maximum Gasteiger partial charge on any atom is 0.325 e. The molecule has 0 aromatic rings. The van der Waals surface area contributed by atoms with Gasteiger partial charge in [0.1, 0.15) is 5.78 Å². The van der Waals surface area contributed by atoms with Crippen molar-refractivity contribution in [1.29, 1.82) is 0 Å². The Bertz CT molecular complexity index is 567. The highest BCUT2D eigenvalue weighted by Crippen LogP contribution is 2.29. The van der Waals surface area contributed by atoms with Gasteiger partial charge in [-0.2, -0.15) is 0 Å². The summed E-state index contributed by atoms with van der Waals surface area (Å²) in [6, 6.07) is -0.916. The fraction of sp³-hybridized carbons (Fsp3) is 0.778. The van der Waals surface area contributed by atoms with Crippen LogP contribution in [0.2, 0.25) is 0 Å². The van der Waals surface area contributed by atoms with Gasteiger partial charge in [0.15, 0.2) is 17.4 Å². The first-order chi connectivity index (χ1) is 12.5. The molecule has 2 rings (SSSR count). The Balaban J connectivity index is 1.96. The Kier molecular flexibility index (Phi) is 7.93. The second kappa shape index (κ2) is 9.94. The summed E-state index contributed by atoms with van der Waals surface area (Å²) in [6.45, 7) is 4.47. The number of rotatable bonds is 10. The number of ketones is 1. The highest BCUT2D eigenvalue weighted by Gasteiger charge is 2.48. The number of carbonyl (C=O) groups is 3. The molecule has 1 N–H and O–H groups in total. The van der Waals surface area contributed by atoms with Crippen molar-refractivity contribution in [2.75, 3.05) is 19.3 Å². The zero-order valence-electron chi connectivity index (χ0n) is 16.0. The Morgan fingerprint density at radius 2 is 1.81 bits per heavy atom. The molecule has 146 valence electrons. The third kappa shape index (κ3) is 5.22. The summed E-state index contributed by atoms with van der Waals surface area (Å²) >= 11 is 1.35. The van der Waals surface area contributed by atoms with Gasteiger partial charge < -0.3 is 9.80 Å². The minimum atomic E-state index is -0.504. The number of unbranched alkanes of at least 4 members (excludes halogenated alkanes) is 6. The molecule has 0 aliphatic carbocycles. The van der Waals surface area contributed by atoms with Gasteiger partial charge in [-0.3, -0.25) is 14.9 Å². The monoisotopic (exact) mass is 382 g/mol. The molecule has 2 aliphatic rings. The van der Waals surface area contributed by atoms with Gasteiger partial charge in [-0.15, -0.1) is 0 Å². The smallest absolute Gasteiger partial charge is 0.325 e. The molecule has 26 heavy (non-hydrogen) atoms. The summed E-state index contributed by atoms with van der Waals surface area (Å²) in [6.07, 6.45) is 7.83. The first-order valence-electron chi connectivity index (χ1n) is 9.50. The van der Waals surface area contributed by atoms with Gasteiger partial charge in [0.2, 0.25) is 0 Å². The Morgan fingerprint density at radius 1 is 1.15 bits per heavy atom. The van der Waals surface area contributed by atoms with Crippen LogP contribution < -0.4 is 5.32 Å². The van der Waals surface area contributed by atoms with E-state index in [1.54, 1.807) is 14.0 Å². The summed E-state index contributed by atoms with van der Waals surface area (Å²) < 4.78 is 0. The summed E-state index contributed by atoms with van der Waals surface area (Å²) in [4.78, 5) is 43.6. The van der Waals surface area contributed by atoms with Crippen LogP contribution in [0.4, 0.5) is 4.79 Å². The number of likely N-dealkylation sites (N-methyl/N-ethyl adjacent to an activating group) is 1. The summed E-state index contributed by atoms with van der Waals surface area (Å²) in [5, 5.41) is 3.09. The van der Waals surface area contributed by atoms with Crippen molar-refractivity contribution in [2.24, 2.45) is 4.99 Å². The molecule has 8 heteroatoms. The van der Waals surface area contributed by atoms with Gasteiger partial charge in [0, 0.05) is 13.6 Å². The maximum absolute atomic E-state index is 12.4. The van der Waals surface area contributed by atoms with E-state index in [1.807, 2.05) is 4.90 Å². The van der Waals surface area contributed by atoms with Gasteiger partial charge in [-0.05, 0) is 13.3 Å². The fourth-order valence-corrected chi connectivity index (χ4v) is 4.15. The number of fused-ring (bicyclic) bond motifs is 1. The van der Waals surface area contributed by atoms with Crippen LogP contribution >= 0.6 is 11.8 Å². The van der Waals surface area contributed by atoms with E-state index in [9.17, 15) is 14.4 Å². The lowest BCUT2D eigenvalue weighted by Crippen LogP contribution is -2.63. The molecule has 1 saturated heterocycles. The predicted octanol–water partition coefficient (Wildman–Crippen LogP) is 2.61. The molecule has 0 radical (unpaired) electrons. The Labute approximate surface area is 160 Å². The number of Topliss-reactive ketones (excluding diaryl/α,β-unsaturated/α-hetero) is 1. The zero-order chi connectivity index (χ0) is 19.1. The predicted molar refractivity (Wildman–Crippen MR) is 104 cm³/mol. The number of amidine groups is 1. The highest BCUT2D eigenvalue weighted by atomic mass is 32.2. The lowest BCUT2D eigenvalue weighted by atomic mass is 10.1. The van der Waals surface area contributed by atoms with E-state index in [4.69, 9.17) is 0 Å². The number of hydrogen-bond donors (Lipinski definition) is 1. The van der Waals surface area contributed by atoms with Gasteiger partial charge in [0.25, 0.3) is 5.91 Å². The second-order valence-corrected chi connectivity index (χ2v) is 7.92. The van der Waals surface area contributed by atoms with Crippen molar-refractivity contribution in [3.63, 3.8) is 0 Å². The van der Waals surface area contributed by atoms with E-state index in [-0.39, 0.29) is 11.7 Å². The number of hydrogen-bond acceptors (Lipinski definition) is 6. The first-order valence-corrected chi connectivity index (χ1v) is 10.5. The molecule has 7 nitrogen and oxygen atoms in total. The van der Waals surface area contributed by atoms with Crippen LogP contribution in [-0.4, -0.2) is 64.2 Å². The molecule has 0 bridgehead atoms. The topological polar surface area (TPSA) is 82.1 Å². The third-order valence-electron chi connectivity index (χ3n) is 4.73. The summed E-state index contributed by atoms with van der Waals surface area (Å²) in [5.41, 5.74) is 0. The Hall–Kier alpha value is -1.57. The van der Waals surface area contributed by atoms with E-state index in [2.05, 4.69) is 17.2 Å². The van der Waals surface area contributed by atoms with Crippen molar-refractivity contribution in [3.8, 4) is 0 Å². The van der Waals surface area contributed by atoms with Crippen LogP contribution in [0, 0.1) is 0 Å². The van der Waals surface area contributed by atoms with Crippen LogP contribution in [-0.2, 0) is 9.59 Å². The molecule has 2 unspecified atom stereocenters. The highest BCUT2D eigenvalue weighted by molar-refractivity contribution is 8.14. The number of amides is 3. The summed E-state index contributed by atoms with van der Waals surface area (Å²) in [5.74, 6) is 0.0889. The molecule has 2 atom stereocenters. The maximum atomic E-state index is 12.4. The molecule has 2 heterocycles. The summed E-state index contributed by atoms with van der Waals surface area (Å²) in [7, 11) is 1.65. The number of nitrogens with one attached hydrogen (secondary N) is 1. The average Bonchev–Trinajstić information content (AvgIpc) is 2.96. The number of aliphatic imine (C=N–C) groups is 1. The van der Waals surface area contributed by atoms with E-state index in [0.29, 0.717) is 17.5 Å². The minimum absolute atomic E-state index is 0.0670. The number of nitrogens with zero attached hydrogens (tertiary/aromatic N) is 3. The van der Waals surface area contributed by atoms with E-state index in [1.165, 1.54) is 48.8 Å². The standard InChI is InChI=1S/C18H30N4O3S/c1-4-5-6-7-8-9-10-11-22-14-15(19-18(22)26-12-13(2)23)21(3)17(25)20-16(14)24/h14-15H,4-12H2,1-3H3,(H,20,24,25). The number of urea groups is 1. The minimum Gasteiger partial charge on any atom is -0.336 e. The molecule has 2 aliphatic heterocycles. The van der Waals surface area contributed by atoms with Crippen molar-refractivity contribution >= 4 is 34.7 Å². The molecule has 0 aromatic carbocycles. The van der Waals surface area contributed by atoms with Crippen molar-refractivity contribution in [2.45, 2.75) is 71.0 Å². The molecular weight excluding hydrogens is 352 g/mol. The number of carbonyl (C=O) groups excluding carboxylic acids is 3. The average molecular weight is 383 g/mol. The third-order valence-corrected chi connectivity index (χ3v) is 5.88. The molecular formula is C18H30N4O3S. The molecule has 0 saturated carbocycles. The van der Waals surface area contributed by atoms with Crippen LogP contribution in [0.25, 0.3) is 0 Å². The second-order valence-electron chi connectivity index (χ2n) is 6.98. The molecule has 1 fully saturated rings. The molecule has 3 amide bonds. The Morgan fingerprint density at radius 3 is 2.46 bits per heavy atom. The lowest BCUT2D eigenvalue weighted by molar-refractivity contribution is -0.127. The van der Waals surface area contributed by atoms with Crippen LogP contribution in [0.5, 0.6) is 0 Å². The van der Waals surface area contributed by atoms with Crippen molar-refractivity contribution in [1.82, 2.24) is 15.1 Å². The number of thioether (sulfide) groups is 1. The van der Waals surface area contributed by atoms with Gasteiger partial charge in [0.05, 0.1) is 5.75 Å². The largest absolute Gasteiger partial charge is 0.336 e. The van der Waals surface area contributed by atoms with Crippen LogP contribution in [0.15, 0.2) is 4.99 Å². The van der Waals surface area contributed by atoms with Gasteiger partial charge in [-0.25, -0.2) is 9.79 Å². The normalized spacial score (nSPS) is 22.3. The van der Waals surface area contributed by atoms with Crippen LogP contribution in [0.3, 0.4) is 0 Å². The van der Waals surface area contributed by atoms with E-state index < -0.39 is 18.2 Å². The first kappa shape index (κ1) is 20.7. The number of imide groups is 1.